The van der Waals surface area contributed by atoms with E-state index in [1.807, 2.05) is 0 Å². The van der Waals surface area contributed by atoms with E-state index in [-0.39, 0.29) is 29.3 Å². The van der Waals surface area contributed by atoms with Crippen LogP contribution in [0.4, 0.5) is 10.1 Å². The number of nitrogen functional groups attached to an aromatic ring is 1. The molecule has 0 aromatic heterocycles. The predicted octanol–water partition coefficient (Wildman–Crippen LogP) is 0.758. The molecule has 2 aliphatic rings. The van der Waals surface area contributed by atoms with Gasteiger partial charge in [0.15, 0.2) is 0 Å². The van der Waals surface area contributed by atoms with Crippen molar-refractivity contribution in [3.63, 3.8) is 0 Å². The topological polar surface area (TPSA) is 75.4 Å². The number of piperidine rings is 1. The van der Waals surface area contributed by atoms with Crippen LogP contribution in [0.5, 0.6) is 0 Å². The second-order valence-corrected chi connectivity index (χ2v) is 5.30. The third-order valence-corrected chi connectivity index (χ3v) is 4.08. The van der Waals surface area contributed by atoms with Gasteiger partial charge in [-0.15, -0.1) is 0 Å². The lowest BCUT2D eigenvalue weighted by Crippen LogP contribution is -2.48. The second-order valence-electron chi connectivity index (χ2n) is 5.30. The Hall–Kier alpha value is -2.11. The van der Waals surface area contributed by atoms with E-state index >= 15 is 0 Å². The number of hydrogen-bond acceptors (Lipinski definition) is 3. The number of carbonyl (C=O) groups is 2. The van der Waals surface area contributed by atoms with Crippen molar-refractivity contribution < 1.29 is 14.0 Å². The fourth-order valence-electron chi connectivity index (χ4n) is 3.07. The molecule has 0 bridgehead atoms. The number of benzene rings is 1. The highest BCUT2D eigenvalue weighted by Gasteiger charge is 2.43. The molecule has 3 rings (SSSR count). The molecule has 2 fully saturated rings. The maximum absolute atomic E-state index is 13.8. The number of carbonyl (C=O) groups excluding carboxylic acids is 2. The van der Waals surface area contributed by atoms with Gasteiger partial charge in [0.25, 0.3) is 5.91 Å². The first-order valence-electron chi connectivity index (χ1n) is 6.71. The van der Waals surface area contributed by atoms with Crippen LogP contribution in [-0.2, 0) is 4.79 Å². The highest BCUT2D eigenvalue weighted by molar-refractivity contribution is 5.96. The number of nitrogens with two attached hydrogens (primary N) is 1. The van der Waals surface area contributed by atoms with Gasteiger partial charge in [0.05, 0.1) is 17.5 Å². The van der Waals surface area contributed by atoms with Crippen LogP contribution in [0.1, 0.15) is 23.2 Å². The van der Waals surface area contributed by atoms with E-state index in [0.29, 0.717) is 18.8 Å². The molecular weight excluding hydrogens is 261 g/mol. The summed E-state index contributed by atoms with van der Waals surface area (Å²) in [5.74, 6) is -1.15. The van der Waals surface area contributed by atoms with Crippen molar-refractivity contribution in [1.29, 1.82) is 0 Å². The Labute approximate surface area is 115 Å². The molecule has 2 amide bonds. The lowest BCUT2D eigenvalue weighted by molar-refractivity contribution is -0.123. The number of hydrogen-bond donors (Lipinski definition) is 2. The third-order valence-electron chi connectivity index (χ3n) is 4.08. The molecule has 6 heteroatoms. The lowest BCUT2D eigenvalue weighted by Gasteiger charge is -2.36. The van der Waals surface area contributed by atoms with Gasteiger partial charge in [0.1, 0.15) is 5.82 Å². The smallest absolute Gasteiger partial charge is 0.257 e. The molecule has 3 N–H and O–H groups in total. The van der Waals surface area contributed by atoms with E-state index in [2.05, 4.69) is 5.32 Å². The minimum atomic E-state index is -0.580. The van der Waals surface area contributed by atoms with Crippen molar-refractivity contribution in [1.82, 2.24) is 10.2 Å². The number of rotatable bonds is 1. The number of nitrogens with zero attached hydrogens (tertiary/aromatic N) is 1. The summed E-state index contributed by atoms with van der Waals surface area (Å²) in [7, 11) is 0. The molecular formula is C14H16FN3O2. The van der Waals surface area contributed by atoms with E-state index in [1.165, 1.54) is 18.2 Å². The van der Waals surface area contributed by atoms with Crippen LogP contribution in [0, 0.1) is 11.7 Å². The fourth-order valence-corrected chi connectivity index (χ4v) is 3.07. The van der Waals surface area contributed by atoms with E-state index in [0.717, 1.165) is 12.8 Å². The summed E-state index contributed by atoms with van der Waals surface area (Å²) in [5, 5.41) is 2.77. The molecule has 2 unspecified atom stereocenters. The Bertz CT molecular complexity index is 576. The lowest BCUT2D eigenvalue weighted by atomic mass is 9.91. The van der Waals surface area contributed by atoms with Crippen LogP contribution in [0.15, 0.2) is 18.2 Å². The summed E-state index contributed by atoms with van der Waals surface area (Å²) >= 11 is 0. The van der Waals surface area contributed by atoms with Gasteiger partial charge in [0, 0.05) is 18.8 Å². The number of nitrogens with one attached hydrogen (secondary N) is 1. The zero-order valence-corrected chi connectivity index (χ0v) is 10.9. The first kappa shape index (κ1) is 12.9. The Morgan fingerprint density at radius 3 is 3.05 bits per heavy atom. The molecule has 2 atom stereocenters. The van der Waals surface area contributed by atoms with Crippen molar-refractivity contribution >= 4 is 17.5 Å². The quantitative estimate of drug-likeness (QED) is 0.744. The maximum Gasteiger partial charge on any atom is 0.257 e. The molecule has 1 aromatic carbocycles. The number of fused-ring (bicyclic) bond motifs is 1. The summed E-state index contributed by atoms with van der Waals surface area (Å²) in [4.78, 5) is 25.8. The molecule has 5 nitrogen and oxygen atoms in total. The Morgan fingerprint density at radius 1 is 1.45 bits per heavy atom. The molecule has 1 aromatic rings. The van der Waals surface area contributed by atoms with Gasteiger partial charge >= 0.3 is 0 Å². The SMILES string of the molecule is Nc1ccc(F)c(C(=O)N2CCCC3C(=O)NCC32)c1. The molecule has 0 radical (unpaired) electrons. The Morgan fingerprint density at radius 2 is 2.25 bits per heavy atom. The van der Waals surface area contributed by atoms with Gasteiger partial charge in [-0.25, -0.2) is 4.39 Å². The molecule has 0 spiro atoms. The van der Waals surface area contributed by atoms with Crippen molar-refractivity contribution in [3.05, 3.63) is 29.6 Å². The molecule has 106 valence electrons. The number of anilines is 1. The fraction of sp³-hybridized carbons (Fsp3) is 0.429. The van der Waals surface area contributed by atoms with Crippen LogP contribution in [-0.4, -0.2) is 35.8 Å². The molecule has 2 aliphatic heterocycles. The predicted molar refractivity (Wildman–Crippen MR) is 71.4 cm³/mol. The summed E-state index contributed by atoms with van der Waals surface area (Å²) in [6, 6.07) is 3.80. The van der Waals surface area contributed by atoms with Crippen LogP contribution in [0.3, 0.4) is 0 Å². The normalized spacial score (nSPS) is 25.2. The van der Waals surface area contributed by atoms with Crippen molar-refractivity contribution in [2.24, 2.45) is 5.92 Å². The highest BCUT2D eigenvalue weighted by atomic mass is 19.1. The van der Waals surface area contributed by atoms with Crippen LogP contribution in [0.2, 0.25) is 0 Å². The average molecular weight is 277 g/mol. The summed E-state index contributed by atoms with van der Waals surface area (Å²) < 4.78 is 13.8. The summed E-state index contributed by atoms with van der Waals surface area (Å²) in [6.07, 6.45) is 1.53. The zero-order valence-electron chi connectivity index (χ0n) is 10.9. The first-order valence-corrected chi connectivity index (χ1v) is 6.71. The van der Waals surface area contributed by atoms with Crippen LogP contribution < -0.4 is 11.1 Å². The summed E-state index contributed by atoms with van der Waals surface area (Å²) in [5.41, 5.74) is 5.95. The first-order chi connectivity index (χ1) is 9.58. The largest absolute Gasteiger partial charge is 0.399 e. The van der Waals surface area contributed by atoms with Gasteiger partial charge in [-0.3, -0.25) is 9.59 Å². The minimum Gasteiger partial charge on any atom is -0.399 e. The Balaban J connectivity index is 1.90. The van der Waals surface area contributed by atoms with Gasteiger partial charge in [-0.1, -0.05) is 0 Å². The van der Waals surface area contributed by atoms with Gasteiger partial charge in [-0.05, 0) is 31.0 Å². The zero-order chi connectivity index (χ0) is 14.3. The van der Waals surface area contributed by atoms with Gasteiger partial charge in [-0.2, -0.15) is 0 Å². The molecule has 2 heterocycles. The van der Waals surface area contributed by atoms with Crippen molar-refractivity contribution in [3.8, 4) is 0 Å². The number of likely N-dealkylation sites (tertiary alicyclic amines) is 1. The molecule has 20 heavy (non-hydrogen) atoms. The molecule has 2 saturated heterocycles. The van der Waals surface area contributed by atoms with E-state index in [1.54, 1.807) is 4.90 Å². The standard InChI is InChI=1S/C14H16FN3O2/c15-11-4-3-8(16)6-10(11)14(20)18-5-1-2-9-12(18)7-17-13(9)19/h3-4,6,9,12H,1-2,5,7,16H2,(H,17,19). The van der Waals surface area contributed by atoms with Gasteiger partial charge in [0.2, 0.25) is 5.91 Å². The van der Waals surface area contributed by atoms with Crippen LogP contribution in [0.25, 0.3) is 0 Å². The summed E-state index contributed by atoms with van der Waals surface area (Å²) in [6.45, 7) is 0.988. The Kier molecular flexibility index (Phi) is 3.08. The number of amides is 2. The molecule has 0 aliphatic carbocycles. The molecule has 0 saturated carbocycles. The second kappa shape index (κ2) is 4.77. The average Bonchev–Trinajstić information content (AvgIpc) is 2.83. The number of halogens is 1. The highest BCUT2D eigenvalue weighted by Crippen LogP contribution is 2.29. The third kappa shape index (κ3) is 2.01. The maximum atomic E-state index is 13.8. The van der Waals surface area contributed by atoms with Crippen molar-refractivity contribution in [2.45, 2.75) is 18.9 Å². The van der Waals surface area contributed by atoms with Crippen molar-refractivity contribution in [2.75, 3.05) is 18.8 Å². The minimum absolute atomic E-state index is 0.0134. The van der Waals surface area contributed by atoms with Crippen LogP contribution >= 0.6 is 0 Å². The van der Waals surface area contributed by atoms with E-state index in [4.69, 9.17) is 5.73 Å². The van der Waals surface area contributed by atoms with Gasteiger partial charge < -0.3 is 16.0 Å². The van der Waals surface area contributed by atoms with E-state index in [9.17, 15) is 14.0 Å². The monoisotopic (exact) mass is 277 g/mol. The van der Waals surface area contributed by atoms with E-state index < -0.39 is 5.82 Å².